The molecule has 0 bridgehead atoms. The number of piperidine rings is 1. The molecule has 2 atom stereocenters. The molecule has 2 unspecified atom stereocenters. The van der Waals surface area contributed by atoms with E-state index >= 15 is 0 Å². The first kappa shape index (κ1) is 15.0. The van der Waals surface area contributed by atoms with E-state index in [0.29, 0.717) is 11.8 Å². The van der Waals surface area contributed by atoms with Gasteiger partial charge >= 0.3 is 0 Å². The van der Waals surface area contributed by atoms with Crippen LogP contribution in [0.4, 0.5) is 0 Å². The molecule has 20 heavy (non-hydrogen) atoms. The van der Waals surface area contributed by atoms with Crippen LogP contribution in [0.1, 0.15) is 32.8 Å². The van der Waals surface area contributed by atoms with Crippen LogP contribution in [0.2, 0.25) is 0 Å². The van der Waals surface area contributed by atoms with E-state index in [4.69, 9.17) is 0 Å². The Morgan fingerprint density at radius 2 is 2.05 bits per heavy atom. The molecule has 3 heteroatoms. The average Bonchev–Trinajstić information content (AvgIpc) is 2.47. The van der Waals surface area contributed by atoms with Crippen LogP contribution >= 0.6 is 0 Å². The Kier molecular flexibility index (Phi) is 4.81. The van der Waals surface area contributed by atoms with Gasteiger partial charge in [-0.05, 0) is 50.8 Å². The summed E-state index contributed by atoms with van der Waals surface area (Å²) in [6.45, 7) is 9.12. The van der Waals surface area contributed by atoms with Gasteiger partial charge in [0, 0.05) is 6.54 Å². The fourth-order valence-corrected chi connectivity index (χ4v) is 2.76. The Morgan fingerprint density at radius 1 is 1.35 bits per heavy atom. The number of nitrogens with one attached hydrogen (secondary N) is 2. The predicted octanol–water partition coefficient (Wildman–Crippen LogP) is 2.33. The number of carbonyl (C=O) groups excluding carboxylic acids is 1. The van der Waals surface area contributed by atoms with E-state index in [0.717, 1.165) is 25.2 Å². The molecule has 0 aliphatic carbocycles. The molecule has 1 aromatic carbocycles. The van der Waals surface area contributed by atoms with E-state index in [2.05, 4.69) is 17.6 Å². The maximum absolute atomic E-state index is 12.5. The number of rotatable bonds is 4. The maximum Gasteiger partial charge on any atom is 0.230 e. The highest BCUT2D eigenvalue weighted by molar-refractivity contribution is 5.87. The molecular formula is C17H26N2O. The summed E-state index contributed by atoms with van der Waals surface area (Å²) in [6, 6.07) is 9.98. The Balaban J connectivity index is 1.94. The predicted molar refractivity (Wildman–Crippen MR) is 82.6 cm³/mol. The van der Waals surface area contributed by atoms with Crippen LogP contribution in [0.15, 0.2) is 30.3 Å². The van der Waals surface area contributed by atoms with Crippen molar-refractivity contribution < 1.29 is 4.79 Å². The third-order valence-corrected chi connectivity index (χ3v) is 4.58. The minimum absolute atomic E-state index is 0.112. The normalized spacial score (nSPS) is 23.4. The summed E-state index contributed by atoms with van der Waals surface area (Å²) in [5.74, 6) is 1.33. The Morgan fingerprint density at radius 3 is 2.70 bits per heavy atom. The minimum atomic E-state index is -0.480. The zero-order valence-electron chi connectivity index (χ0n) is 12.8. The molecule has 0 spiro atoms. The molecule has 110 valence electrons. The van der Waals surface area contributed by atoms with Gasteiger partial charge in [0.05, 0.1) is 5.41 Å². The van der Waals surface area contributed by atoms with Gasteiger partial charge in [-0.25, -0.2) is 0 Å². The van der Waals surface area contributed by atoms with Crippen molar-refractivity contribution in [3.63, 3.8) is 0 Å². The topological polar surface area (TPSA) is 41.1 Å². The van der Waals surface area contributed by atoms with Crippen molar-refractivity contribution in [3.05, 3.63) is 35.9 Å². The van der Waals surface area contributed by atoms with Gasteiger partial charge in [-0.15, -0.1) is 0 Å². The largest absolute Gasteiger partial charge is 0.355 e. The lowest BCUT2D eigenvalue weighted by molar-refractivity contribution is -0.125. The molecule has 1 aliphatic rings. The standard InChI is InChI=1S/C17H26N2O/c1-13-9-10-18-11-14(13)12-19-16(20)17(2,3)15-7-5-4-6-8-15/h4-8,13-14,18H,9-12H2,1-3H3,(H,19,20). The van der Waals surface area contributed by atoms with Gasteiger partial charge in [0.25, 0.3) is 0 Å². The molecule has 2 rings (SSSR count). The summed E-state index contributed by atoms with van der Waals surface area (Å²) < 4.78 is 0. The van der Waals surface area contributed by atoms with Crippen molar-refractivity contribution in [1.82, 2.24) is 10.6 Å². The van der Waals surface area contributed by atoms with E-state index in [1.807, 2.05) is 44.2 Å². The van der Waals surface area contributed by atoms with E-state index in [1.165, 1.54) is 6.42 Å². The second-order valence-electron chi connectivity index (χ2n) is 6.43. The third-order valence-electron chi connectivity index (χ3n) is 4.58. The highest BCUT2D eigenvalue weighted by Crippen LogP contribution is 2.23. The van der Waals surface area contributed by atoms with E-state index in [9.17, 15) is 4.79 Å². The quantitative estimate of drug-likeness (QED) is 0.885. The first-order valence-corrected chi connectivity index (χ1v) is 7.56. The lowest BCUT2D eigenvalue weighted by Crippen LogP contribution is -2.46. The Bertz CT molecular complexity index is 442. The van der Waals surface area contributed by atoms with Gasteiger partial charge in [-0.1, -0.05) is 37.3 Å². The second kappa shape index (κ2) is 6.40. The summed E-state index contributed by atoms with van der Waals surface area (Å²) in [4.78, 5) is 12.5. The number of amides is 1. The molecule has 1 heterocycles. The zero-order valence-corrected chi connectivity index (χ0v) is 12.8. The molecule has 1 saturated heterocycles. The highest BCUT2D eigenvalue weighted by Gasteiger charge is 2.30. The van der Waals surface area contributed by atoms with Crippen LogP contribution in [-0.4, -0.2) is 25.5 Å². The van der Waals surface area contributed by atoms with Gasteiger partial charge < -0.3 is 10.6 Å². The monoisotopic (exact) mass is 274 g/mol. The van der Waals surface area contributed by atoms with Gasteiger partial charge in [0.1, 0.15) is 0 Å². The van der Waals surface area contributed by atoms with Crippen molar-refractivity contribution in [3.8, 4) is 0 Å². The molecule has 0 aromatic heterocycles. The second-order valence-corrected chi connectivity index (χ2v) is 6.43. The van der Waals surface area contributed by atoms with Crippen molar-refractivity contribution in [2.45, 2.75) is 32.6 Å². The molecule has 1 aliphatic heterocycles. The number of hydrogen-bond acceptors (Lipinski definition) is 2. The lowest BCUT2D eigenvalue weighted by atomic mass is 9.83. The van der Waals surface area contributed by atoms with Crippen LogP contribution in [0.3, 0.4) is 0 Å². The first-order chi connectivity index (χ1) is 9.51. The average molecular weight is 274 g/mol. The smallest absolute Gasteiger partial charge is 0.230 e. The molecular weight excluding hydrogens is 248 g/mol. The molecule has 1 fully saturated rings. The zero-order chi connectivity index (χ0) is 14.6. The van der Waals surface area contributed by atoms with Gasteiger partial charge in [-0.3, -0.25) is 4.79 Å². The molecule has 1 amide bonds. The van der Waals surface area contributed by atoms with Gasteiger partial charge in [-0.2, -0.15) is 0 Å². The molecule has 1 aromatic rings. The van der Waals surface area contributed by atoms with Crippen LogP contribution in [0, 0.1) is 11.8 Å². The van der Waals surface area contributed by atoms with Crippen LogP contribution < -0.4 is 10.6 Å². The van der Waals surface area contributed by atoms with E-state index in [1.54, 1.807) is 0 Å². The van der Waals surface area contributed by atoms with E-state index < -0.39 is 5.41 Å². The Labute approximate surface area is 122 Å². The minimum Gasteiger partial charge on any atom is -0.355 e. The van der Waals surface area contributed by atoms with Crippen molar-refractivity contribution in [2.24, 2.45) is 11.8 Å². The van der Waals surface area contributed by atoms with Crippen molar-refractivity contribution in [2.75, 3.05) is 19.6 Å². The molecule has 0 radical (unpaired) electrons. The molecule has 0 saturated carbocycles. The molecule has 3 nitrogen and oxygen atoms in total. The summed E-state index contributed by atoms with van der Waals surface area (Å²) in [6.07, 6.45) is 1.20. The maximum atomic E-state index is 12.5. The molecule has 2 N–H and O–H groups in total. The number of benzene rings is 1. The van der Waals surface area contributed by atoms with Crippen LogP contribution in [0.25, 0.3) is 0 Å². The van der Waals surface area contributed by atoms with E-state index in [-0.39, 0.29) is 5.91 Å². The van der Waals surface area contributed by atoms with Crippen LogP contribution in [0.5, 0.6) is 0 Å². The van der Waals surface area contributed by atoms with Gasteiger partial charge in [0.15, 0.2) is 0 Å². The number of carbonyl (C=O) groups is 1. The summed E-state index contributed by atoms with van der Waals surface area (Å²) in [5.41, 5.74) is 0.583. The van der Waals surface area contributed by atoms with Gasteiger partial charge in [0.2, 0.25) is 5.91 Å². The SMILES string of the molecule is CC1CCNCC1CNC(=O)C(C)(C)c1ccccc1. The highest BCUT2D eigenvalue weighted by atomic mass is 16.2. The summed E-state index contributed by atoms with van der Waals surface area (Å²) >= 11 is 0. The summed E-state index contributed by atoms with van der Waals surface area (Å²) in [5, 5.41) is 6.55. The summed E-state index contributed by atoms with van der Waals surface area (Å²) in [7, 11) is 0. The lowest BCUT2D eigenvalue weighted by Gasteiger charge is -2.31. The fourth-order valence-electron chi connectivity index (χ4n) is 2.76. The number of hydrogen-bond donors (Lipinski definition) is 2. The fraction of sp³-hybridized carbons (Fsp3) is 0.588. The van der Waals surface area contributed by atoms with Crippen molar-refractivity contribution >= 4 is 5.91 Å². The Hall–Kier alpha value is -1.35. The van der Waals surface area contributed by atoms with Crippen LogP contribution in [-0.2, 0) is 10.2 Å². The van der Waals surface area contributed by atoms with Crippen molar-refractivity contribution in [1.29, 1.82) is 0 Å². The third kappa shape index (κ3) is 3.40. The first-order valence-electron chi connectivity index (χ1n) is 7.56.